The van der Waals surface area contributed by atoms with Gasteiger partial charge < -0.3 is 14.8 Å². The Hall–Kier alpha value is -1.79. The van der Waals surface area contributed by atoms with E-state index in [0.717, 1.165) is 26.9 Å². The lowest BCUT2D eigenvalue weighted by Crippen LogP contribution is -2.10. The maximum Gasteiger partial charge on any atom is 0.186 e. The number of rotatable bonds is 8. The minimum absolute atomic E-state index is 0.233. The van der Waals surface area contributed by atoms with Crippen LogP contribution in [-0.2, 0) is 9.47 Å². The second kappa shape index (κ2) is 13.8. The van der Waals surface area contributed by atoms with Crippen molar-refractivity contribution in [2.24, 2.45) is 0 Å². The van der Waals surface area contributed by atoms with Crippen molar-refractivity contribution in [3.8, 4) is 0 Å². The molecule has 2 aromatic heterocycles. The summed E-state index contributed by atoms with van der Waals surface area (Å²) in [4.78, 5) is 18.8. The summed E-state index contributed by atoms with van der Waals surface area (Å²) < 4.78 is 39.6. The molecule has 0 aliphatic rings. The van der Waals surface area contributed by atoms with Crippen LogP contribution in [0.1, 0.15) is 36.1 Å². The van der Waals surface area contributed by atoms with E-state index in [-0.39, 0.29) is 17.8 Å². The molecule has 0 saturated heterocycles. The van der Waals surface area contributed by atoms with Crippen LogP contribution in [0.3, 0.4) is 0 Å². The highest BCUT2D eigenvalue weighted by molar-refractivity contribution is 9.11. The zero-order valence-corrected chi connectivity index (χ0v) is 22.4. The second-order valence-corrected chi connectivity index (χ2v) is 8.49. The molecule has 0 amide bonds. The van der Waals surface area contributed by atoms with Gasteiger partial charge in [0.1, 0.15) is 36.9 Å². The fourth-order valence-electron chi connectivity index (χ4n) is 2.48. The number of nitrogens with one attached hydrogen (secondary N) is 1. The van der Waals surface area contributed by atoms with Gasteiger partial charge in [-0.1, -0.05) is 6.07 Å². The van der Waals surface area contributed by atoms with E-state index in [1.807, 2.05) is 26.0 Å². The van der Waals surface area contributed by atoms with Gasteiger partial charge in [0.2, 0.25) is 0 Å². The van der Waals surface area contributed by atoms with Crippen LogP contribution in [0.4, 0.5) is 20.3 Å². The van der Waals surface area contributed by atoms with Gasteiger partial charge in [-0.3, -0.25) is 4.79 Å². The number of halogens is 5. The SMILES string of the molecule is CCOC(OCC)c1ccc(Br)nc1Br.O=Cc1ccc(Nc2c(F)cccc2F)nc1Br. The molecule has 0 aliphatic carbocycles. The zero-order valence-electron chi connectivity index (χ0n) is 17.6. The van der Waals surface area contributed by atoms with Crippen LogP contribution in [0.5, 0.6) is 0 Å². The van der Waals surface area contributed by atoms with Gasteiger partial charge in [0.15, 0.2) is 12.6 Å². The second-order valence-electron chi connectivity index (χ2n) is 6.17. The van der Waals surface area contributed by atoms with Gasteiger partial charge in [-0.25, -0.2) is 18.7 Å². The Balaban J connectivity index is 0.000000238. The molecule has 33 heavy (non-hydrogen) atoms. The summed E-state index contributed by atoms with van der Waals surface area (Å²) in [6.07, 6.45) is 0.278. The summed E-state index contributed by atoms with van der Waals surface area (Å²) in [5, 5.41) is 2.53. The number of ether oxygens (including phenoxy) is 2. The molecule has 11 heteroatoms. The number of hydrogen-bond donors (Lipinski definition) is 1. The number of hydrogen-bond acceptors (Lipinski definition) is 6. The van der Waals surface area contributed by atoms with Crippen molar-refractivity contribution in [1.82, 2.24) is 9.97 Å². The van der Waals surface area contributed by atoms with E-state index in [1.54, 1.807) is 0 Å². The highest BCUT2D eigenvalue weighted by Crippen LogP contribution is 2.27. The van der Waals surface area contributed by atoms with Gasteiger partial charge in [0.05, 0.1) is 0 Å². The molecule has 176 valence electrons. The Morgan fingerprint density at radius 3 is 2.09 bits per heavy atom. The third kappa shape index (κ3) is 8.18. The first-order valence-electron chi connectivity index (χ1n) is 9.68. The van der Waals surface area contributed by atoms with Crippen molar-refractivity contribution in [3.63, 3.8) is 0 Å². The first-order chi connectivity index (χ1) is 15.8. The molecule has 3 rings (SSSR count). The quantitative estimate of drug-likeness (QED) is 0.156. The fourth-order valence-corrected chi connectivity index (χ4v) is 3.95. The minimum atomic E-state index is -0.715. The van der Waals surface area contributed by atoms with Crippen LogP contribution in [0.2, 0.25) is 0 Å². The smallest absolute Gasteiger partial charge is 0.186 e. The summed E-state index contributed by atoms with van der Waals surface area (Å²) in [7, 11) is 0. The molecule has 2 heterocycles. The molecule has 3 aromatic rings. The van der Waals surface area contributed by atoms with Crippen molar-refractivity contribution < 1.29 is 23.0 Å². The van der Waals surface area contributed by atoms with E-state index in [1.165, 1.54) is 18.2 Å². The Labute approximate surface area is 215 Å². The van der Waals surface area contributed by atoms with Gasteiger partial charge >= 0.3 is 0 Å². The average molecular weight is 652 g/mol. The van der Waals surface area contributed by atoms with Gasteiger partial charge in [-0.15, -0.1) is 0 Å². The molecule has 0 fully saturated rings. The number of nitrogens with zero attached hydrogens (tertiary/aromatic N) is 2. The Kier molecular flexibility index (Phi) is 11.5. The normalized spacial score (nSPS) is 10.5. The van der Waals surface area contributed by atoms with Crippen molar-refractivity contribution >= 4 is 65.6 Å². The standard InChI is InChI=1S/C12H7BrF2N2O.C10H13Br2NO2/c13-12-7(6-18)4-5-10(17-12)16-11-8(14)2-1-3-9(11)15;1-3-14-10(15-4-2)7-5-6-8(11)13-9(7)12/h1-6H,(H,16,17);5-6,10H,3-4H2,1-2H3. The highest BCUT2D eigenvalue weighted by Gasteiger charge is 2.15. The molecule has 6 nitrogen and oxygen atoms in total. The lowest BCUT2D eigenvalue weighted by molar-refractivity contribution is -0.140. The Morgan fingerprint density at radius 1 is 0.939 bits per heavy atom. The van der Waals surface area contributed by atoms with E-state index in [2.05, 4.69) is 63.1 Å². The molecule has 0 radical (unpaired) electrons. The number of benzene rings is 1. The van der Waals surface area contributed by atoms with E-state index in [9.17, 15) is 13.6 Å². The molecule has 0 atom stereocenters. The van der Waals surface area contributed by atoms with Crippen molar-refractivity contribution in [1.29, 1.82) is 0 Å². The van der Waals surface area contributed by atoms with Gasteiger partial charge in [0, 0.05) is 24.3 Å². The van der Waals surface area contributed by atoms with E-state index >= 15 is 0 Å². The molecule has 1 N–H and O–H groups in total. The number of anilines is 2. The van der Waals surface area contributed by atoms with Crippen LogP contribution >= 0.6 is 47.8 Å². The molecule has 0 aliphatic heterocycles. The largest absolute Gasteiger partial charge is 0.349 e. The lowest BCUT2D eigenvalue weighted by Gasteiger charge is -2.17. The maximum absolute atomic E-state index is 13.4. The molecule has 0 bridgehead atoms. The first-order valence-corrected chi connectivity index (χ1v) is 12.1. The molecular formula is C22H20Br3F2N3O3. The molecule has 0 unspecified atom stereocenters. The van der Waals surface area contributed by atoms with Crippen molar-refractivity contribution in [2.75, 3.05) is 18.5 Å². The predicted octanol–water partition coefficient (Wildman–Crippen LogP) is 7.36. The van der Waals surface area contributed by atoms with E-state index in [4.69, 9.17) is 9.47 Å². The average Bonchev–Trinajstić information content (AvgIpc) is 2.77. The molecule has 1 aromatic carbocycles. The number of carbonyl (C=O) groups excluding carboxylic acids is 1. The van der Waals surface area contributed by atoms with E-state index < -0.39 is 11.6 Å². The monoisotopic (exact) mass is 649 g/mol. The number of aldehydes is 1. The van der Waals surface area contributed by atoms with Crippen molar-refractivity contribution in [3.05, 3.63) is 79.0 Å². The number of para-hydroxylation sites is 1. The number of pyridine rings is 2. The molecule has 0 saturated carbocycles. The van der Waals surface area contributed by atoms with Crippen LogP contribution in [0, 0.1) is 11.6 Å². The van der Waals surface area contributed by atoms with E-state index in [0.29, 0.717) is 29.7 Å². The van der Waals surface area contributed by atoms with Crippen molar-refractivity contribution in [2.45, 2.75) is 20.1 Å². The predicted molar refractivity (Wildman–Crippen MR) is 133 cm³/mol. The zero-order chi connectivity index (χ0) is 24.4. The number of aromatic nitrogens is 2. The summed E-state index contributed by atoms with van der Waals surface area (Å²) in [5.74, 6) is -1.20. The van der Waals surface area contributed by atoms with Crippen LogP contribution in [0.25, 0.3) is 0 Å². The van der Waals surface area contributed by atoms with Crippen LogP contribution in [-0.4, -0.2) is 29.5 Å². The lowest BCUT2D eigenvalue weighted by atomic mass is 10.2. The molecular weight excluding hydrogens is 632 g/mol. The maximum atomic E-state index is 13.4. The molecule has 0 spiro atoms. The fraction of sp³-hybridized carbons (Fsp3) is 0.227. The number of carbonyl (C=O) groups is 1. The van der Waals surface area contributed by atoms with Gasteiger partial charge in [0.25, 0.3) is 0 Å². The van der Waals surface area contributed by atoms with Crippen LogP contribution in [0.15, 0.2) is 56.3 Å². The van der Waals surface area contributed by atoms with Crippen LogP contribution < -0.4 is 5.32 Å². The minimum Gasteiger partial charge on any atom is -0.349 e. The third-order valence-electron chi connectivity index (χ3n) is 3.95. The van der Waals surface area contributed by atoms with Gasteiger partial charge in [-0.2, -0.15) is 0 Å². The van der Waals surface area contributed by atoms with Gasteiger partial charge in [-0.05, 0) is 98.0 Å². The Bertz CT molecular complexity index is 1060. The summed E-state index contributed by atoms with van der Waals surface area (Å²) in [6, 6.07) is 10.3. The third-order valence-corrected chi connectivity index (χ3v) is 5.67. The first kappa shape index (κ1) is 27.5. The Morgan fingerprint density at radius 2 is 1.58 bits per heavy atom. The summed E-state index contributed by atoms with van der Waals surface area (Å²) >= 11 is 9.78. The topological polar surface area (TPSA) is 73.3 Å². The highest BCUT2D eigenvalue weighted by atomic mass is 79.9. The summed E-state index contributed by atoms with van der Waals surface area (Å²) in [6.45, 7) is 5.08. The summed E-state index contributed by atoms with van der Waals surface area (Å²) in [5.41, 5.74) is 0.979.